The first-order valence-corrected chi connectivity index (χ1v) is 6.40. The van der Waals surface area contributed by atoms with E-state index in [2.05, 4.69) is 17.7 Å². The highest BCUT2D eigenvalue weighted by atomic mass is 16.5. The molecule has 0 heterocycles. The SMILES string of the molecule is COC(=O)CCCc1c(C)ccc2ccc(O)cc12. The molecule has 0 unspecified atom stereocenters. The highest BCUT2D eigenvalue weighted by molar-refractivity contribution is 5.88. The van der Waals surface area contributed by atoms with Gasteiger partial charge < -0.3 is 9.84 Å². The molecule has 0 radical (unpaired) electrons. The van der Waals surface area contributed by atoms with Crippen molar-refractivity contribution in [3.63, 3.8) is 0 Å². The number of benzene rings is 2. The molecule has 0 atom stereocenters. The van der Waals surface area contributed by atoms with Gasteiger partial charge in [0.15, 0.2) is 0 Å². The van der Waals surface area contributed by atoms with E-state index in [0.717, 1.165) is 23.6 Å². The Morgan fingerprint density at radius 3 is 2.74 bits per heavy atom. The Morgan fingerprint density at radius 2 is 2.00 bits per heavy atom. The van der Waals surface area contributed by atoms with Crippen LogP contribution < -0.4 is 0 Å². The normalized spacial score (nSPS) is 10.6. The summed E-state index contributed by atoms with van der Waals surface area (Å²) in [5, 5.41) is 11.8. The number of phenolic OH excluding ortho intramolecular Hbond substituents is 1. The van der Waals surface area contributed by atoms with E-state index in [1.807, 2.05) is 12.1 Å². The van der Waals surface area contributed by atoms with Crippen LogP contribution in [-0.4, -0.2) is 18.2 Å². The van der Waals surface area contributed by atoms with Gasteiger partial charge in [-0.1, -0.05) is 18.2 Å². The van der Waals surface area contributed by atoms with Gasteiger partial charge in [-0.15, -0.1) is 0 Å². The van der Waals surface area contributed by atoms with E-state index in [1.54, 1.807) is 12.1 Å². The predicted molar refractivity (Wildman–Crippen MR) is 75.3 cm³/mol. The van der Waals surface area contributed by atoms with E-state index in [9.17, 15) is 9.90 Å². The maximum Gasteiger partial charge on any atom is 0.305 e. The number of phenols is 1. The number of hydrogen-bond donors (Lipinski definition) is 1. The molecule has 0 aliphatic carbocycles. The fraction of sp³-hybridized carbons (Fsp3) is 0.312. The fourth-order valence-corrected chi connectivity index (χ4v) is 2.32. The van der Waals surface area contributed by atoms with Crippen LogP contribution in [0.15, 0.2) is 30.3 Å². The van der Waals surface area contributed by atoms with Crippen LogP contribution in [0, 0.1) is 6.92 Å². The van der Waals surface area contributed by atoms with Crippen molar-refractivity contribution in [2.45, 2.75) is 26.2 Å². The van der Waals surface area contributed by atoms with Gasteiger partial charge in [0.2, 0.25) is 0 Å². The Kier molecular flexibility index (Phi) is 4.05. The third-order valence-electron chi connectivity index (χ3n) is 3.39. The molecule has 0 amide bonds. The maximum atomic E-state index is 11.1. The number of carbonyl (C=O) groups excluding carboxylic acids is 1. The molecule has 0 aliphatic heterocycles. The second kappa shape index (κ2) is 5.74. The number of methoxy groups -OCH3 is 1. The van der Waals surface area contributed by atoms with E-state index >= 15 is 0 Å². The molecule has 0 bridgehead atoms. The average molecular weight is 258 g/mol. The quantitative estimate of drug-likeness (QED) is 0.855. The highest BCUT2D eigenvalue weighted by Crippen LogP contribution is 2.27. The fourth-order valence-electron chi connectivity index (χ4n) is 2.32. The van der Waals surface area contributed by atoms with Gasteiger partial charge in [-0.3, -0.25) is 4.79 Å². The molecule has 19 heavy (non-hydrogen) atoms. The Balaban J connectivity index is 2.27. The summed E-state index contributed by atoms with van der Waals surface area (Å²) in [6.07, 6.45) is 1.98. The highest BCUT2D eigenvalue weighted by Gasteiger charge is 2.07. The summed E-state index contributed by atoms with van der Waals surface area (Å²) in [4.78, 5) is 11.1. The van der Waals surface area contributed by atoms with Crippen LogP contribution in [0.4, 0.5) is 0 Å². The van der Waals surface area contributed by atoms with Crippen LogP contribution in [0.25, 0.3) is 10.8 Å². The number of carbonyl (C=O) groups is 1. The van der Waals surface area contributed by atoms with E-state index in [-0.39, 0.29) is 11.7 Å². The lowest BCUT2D eigenvalue weighted by Gasteiger charge is -2.10. The first-order valence-electron chi connectivity index (χ1n) is 6.40. The summed E-state index contributed by atoms with van der Waals surface area (Å²) in [5.74, 6) is 0.0908. The van der Waals surface area contributed by atoms with Crippen molar-refractivity contribution in [3.8, 4) is 5.75 Å². The van der Waals surface area contributed by atoms with Crippen LogP contribution in [0.1, 0.15) is 24.0 Å². The second-order valence-electron chi connectivity index (χ2n) is 4.70. The van der Waals surface area contributed by atoms with Crippen LogP contribution in [0.2, 0.25) is 0 Å². The number of ether oxygens (including phenoxy) is 1. The molecule has 3 nitrogen and oxygen atoms in total. The van der Waals surface area contributed by atoms with E-state index in [4.69, 9.17) is 0 Å². The smallest absolute Gasteiger partial charge is 0.305 e. The molecular formula is C16H18O3. The summed E-state index contributed by atoms with van der Waals surface area (Å²) in [5.41, 5.74) is 2.38. The minimum atomic E-state index is -0.180. The van der Waals surface area contributed by atoms with Gasteiger partial charge in [-0.05, 0) is 53.8 Å². The Labute approximate surface area is 112 Å². The Bertz CT molecular complexity index is 597. The molecule has 3 heteroatoms. The molecule has 0 spiro atoms. The van der Waals surface area contributed by atoms with E-state index in [0.29, 0.717) is 6.42 Å². The lowest BCUT2D eigenvalue weighted by Crippen LogP contribution is -2.01. The zero-order valence-corrected chi connectivity index (χ0v) is 11.3. The maximum absolute atomic E-state index is 11.1. The van der Waals surface area contributed by atoms with Gasteiger partial charge in [0.1, 0.15) is 5.75 Å². The molecule has 2 rings (SSSR count). The standard InChI is InChI=1S/C16H18O3/c1-11-6-7-12-8-9-13(17)10-15(12)14(11)4-3-5-16(18)19-2/h6-10,17H,3-5H2,1-2H3. The summed E-state index contributed by atoms with van der Waals surface area (Å²) in [7, 11) is 1.41. The molecule has 0 saturated heterocycles. The molecule has 2 aromatic carbocycles. The van der Waals surface area contributed by atoms with Gasteiger partial charge in [0.25, 0.3) is 0 Å². The van der Waals surface area contributed by atoms with Crippen molar-refractivity contribution < 1.29 is 14.6 Å². The number of esters is 1. The first kappa shape index (κ1) is 13.4. The first-order chi connectivity index (χ1) is 9.11. The number of aromatic hydroxyl groups is 1. The third kappa shape index (κ3) is 3.05. The number of aryl methyl sites for hydroxylation is 2. The van der Waals surface area contributed by atoms with Crippen molar-refractivity contribution >= 4 is 16.7 Å². The van der Waals surface area contributed by atoms with Gasteiger partial charge in [-0.2, -0.15) is 0 Å². The largest absolute Gasteiger partial charge is 0.508 e. The summed E-state index contributed by atoms with van der Waals surface area (Å²) < 4.78 is 4.65. The number of hydrogen-bond acceptors (Lipinski definition) is 3. The van der Waals surface area contributed by atoms with Gasteiger partial charge in [-0.25, -0.2) is 0 Å². The molecule has 0 aromatic heterocycles. The Hall–Kier alpha value is -2.03. The third-order valence-corrected chi connectivity index (χ3v) is 3.39. The van der Waals surface area contributed by atoms with Gasteiger partial charge in [0.05, 0.1) is 7.11 Å². The summed E-state index contributed by atoms with van der Waals surface area (Å²) >= 11 is 0. The van der Waals surface area contributed by atoms with Crippen molar-refractivity contribution in [2.24, 2.45) is 0 Å². The molecule has 1 N–H and O–H groups in total. The molecule has 0 fully saturated rings. The van der Waals surface area contributed by atoms with Gasteiger partial charge >= 0.3 is 5.97 Å². The monoisotopic (exact) mass is 258 g/mol. The summed E-state index contributed by atoms with van der Waals surface area (Å²) in [6.45, 7) is 2.05. The predicted octanol–water partition coefficient (Wildman–Crippen LogP) is 3.35. The van der Waals surface area contributed by atoms with Crippen molar-refractivity contribution in [2.75, 3.05) is 7.11 Å². The van der Waals surface area contributed by atoms with E-state index < -0.39 is 0 Å². The Morgan fingerprint density at radius 1 is 1.26 bits per heavy atom. The van der Waals surface area contributed by atoms with Crippen LogP contribution in [0.3, 0.4) is 0 Å². The summed E-state index contributed by atoms with van der Waals surface area (Å²) in [6, 6.07) is 9.51. The lowest BCUT2D eigenvalue weighted by molar-refractivity contribution is -0.140. The zero-order valence-electron chi connectivity index (χ0n) is 11.3. The van der Waals surface area contributed by atoms with Gasteiger partial charge in [0, 0.05) is 6.42 Å². The minimum absolute atomic E-state index is 0.180. The van der Waals surface area contributed by atoms with Crippen LogP contribution in [0.5, 0.6) is 5.75 Å². The number of fused-ring (bicyclic) bond motifs is 1. The minimum Gasteiger partial charge on any atom is -0.508 e. The zero-order chi connectivity index (χ0) is 13.8. The van der Waals surface area contributed by atoms with E-state index in [1.165, 1.54) is 18.2 Å². The average Bonchev–Trinajstić information content (AvgIpc) is 2.41. The molecule has 0 saturated carbocycles. The molecular weight excluding hydrogens is 240 g/mol. The van der Waals surface area contributed by atoms with Crippen LogP contribution in [-0.2, 0) is 16.0 Å². The van der Waals surface area contributed by atoms with Crippen LogP contribution >= 0.6 is 0 Å². The molecule has 100 valence electrons. The van der Waals surface area contributed by atoms with Crippen molar-refractivity contribution in [1.29, 1.82) is 0 Å². The van der Waals surface area contributed by atoms with Crippen molar-refractivity contribution in [1.82, 2.24) is 0 Å². The molecule has 0 aliphatic rings. The number of rotatable bonds is 4. The second-order valence-corrected chi connectivity index (χ2v) is 4.70. The topological polar surface area (TPSA) is 46.5 Å². The van der Waals surface area contributed by atoms with Crippen molar-refractivity contribution in [3.05, 3.63) is 41.5 Å². The molecule has 2 aromatic rings. The lowest BCUT2D eigenvalue weighted by atomic mass is 9.95.